The van der Waals surface area contributed by atoms with Gasteiger partial charge in [0.2, 0.25) is 0 Å². The molecule has 1 aliphatic rings. The monoisotopic (exact) mass is 342 g/mol. The maximum atomic E-state index is 12.3. The van der Waals surface area contributed by atoms with Gasteiger partial charge in [-0.25, -0.2) is 0 Å². The van der Waals surface area contributed by atoms with Crippen molar-refractivity contribution in [1.82, 2.24) is 10.2 Å². The lowest BCUT2D eigenvalue weighted by atomic mass is 10.2. The first-order valence-electron chi connectivity index (χ1n) is 7.27. The summed E-state index contributed by atoms with van der Waals surface area (Å²) in [4.78, 5) is 37.5. The molecule has 1 saturated heterocycles. The van der Waals surface area contributed by atoms with Crippen LogP contribution in [0.5, 0.6) is 0 Å². The number of thioether (sulfide) groups is 1. The van der Waals surface area contributed by atoms with Crippen molar-refractivity contribution in [2.24, 2.45) is 0 Å². The summed E-state index contributed by atoms with van der Waals surface area (Å²) in [6, 6.07) is 12.5. The molecule has 1 N–H and O–H groups in total. The third-order valence-corrected chi connectivity index (χ3v) is 4.24. The molecule has 2 aromatic rings. The maximum absolute atomic E-state index is 12.3. The van der Waals surface area contributed by atoms with Crippen molar-refractivity contribution in [3.8, 4) is 0 Å². The average molecular weight is 342 g/mol. The standard InChI is InChI=1S/C17H14N2O4S/c20-15(13-7-4-10-23-13)18-8-9-19-16(21)14(24-17(19)22)11-12-5-2-1-3-6-12/h1-7,10-11H,8-9H2,(H,18,20)/b14-11-. The third kappa shape index (κ3) is 3.57. The van der Waals surface area contributed by atoms with Crippen LogP contribution < -0.4 is 5.32 Å². The molecule has 1 fully saturated rings. The Hall–Kier alpha value is -2.80. The number of carbonyl (C=O) groups is 3. The minimum atomic E-state index is -0.383. The quantitative estimate of drug-likeness (QED) is 0.845. The Morgan fingerprint density at radius 3 is 2.67 bits per heavy atom. The van der Waals surface area contributed by atoms with Gasteiger partial charge in [-0.2, -0.15) is 0 Å². The summed E-state index contributed by atoms with van der Waals surface area (Å²) >= 11 is 0.901. The summed E-state index contributed by atoms with van der Waals surface area (Å²) < 4.78 is 4.97. The van der Waals surface area contributed by atoms with E-state index < -0.39 is 0 Å². The van der Waals surface area contributed by atoms with Crippen LogP contribution in [-0.2, 0) is 4.79 Å². The molecular weight excluding hydrogens is 328 g/mol. The van der Waals surface area contributed by atoms with Gasteiger partial charge in [0.1, 0.15) is 0 Å². The summed E-state index contributed by atoms with van der Waals surface area (Å²) in [5, 5.41) is 2.27. The summed E-state index contributed by atoms with van der Waals surface area (Å²) in [6.45, 7) is 0.277. The normalized spacial score (nSPS) is 16.0. The van der Waals surface area contributed by atoms with Gasteiger partial charge in [0.05, 0.1) is 11.2 Å². The molecule has 0 aliphatic carbocycles. The molecule has 122 valence electrons. The van der Waals surface area contributed by atoms with Gasteiger partial charge in [-0.05, 0) is 35.5 Å². The second-order valence-electron chi connectivity index (χ2n) is 4.98. The number of nitrogens with one attached hydrogen (secondary N) is 1. The first-order chi connectivity index (χ1) is 11.6. The molecule has 3 amide bonds. The molecule has 24 heavy (non-hydrogen) atoms. The highest BCUT2D eigenvalue weighted by Gasteiger charge is 2.34. The first kappa shape index (κ1) is 16.1. The zero-order valence-corrected chi connectivity index (χ0v) is 13.4. The van der Waals surface area contributed by atoms with Crippen LogP contribution in [0.25, 0.3) is 6.08 Å². The Bertz CT molecular complexity index is 784. The molecule has 0 radical (unpaired) electrons. The zero-order chi connectivity index (χ0) is 16.9. The molecule has 0 atom stereocenters. The summed E-state index contributed by atoms with van der Waals surface area (Å²) in [5.41, 5.74) is 0.856. The fourth-order valence-corrected chi connectivity index (χ4v) is 3.03. The summed E-state index contributed by atoms with van der Waals surface area (Å²) in [7, 11) is 0. The second-order valence-corrected chi connectivity index (χ2v) is 5.97. The van der Waals surface area contributed by atoms with Gasteiger partial charge in [0.25, 0.3) is 17.1 Å². The third-order valence-electron chi connectivity index (χ3n) is 3.34. The highest BCUT2D eigenvalue weighted by Crippen LogP contribution is 2.31. The van der Waals surface area contributed by atoms with Crippen LogP contribution in [0.15, 0.2) is 58.1 Å². The number of amides is 3. The summed E-state index contributed by atoms with van der Waals surface area (Å²) in [6.07, 6.45) is 3.09. The van der Waals surface area contributed by atoms with Crippen molar-refractivity contribution in [1.29, 1.82) is 0 Å². The number of furan rings is 1. The van der Waals surface area contributed by atoms with Gasteiger partial charge in [0, 0.05) is 13.1 Å². The van der Waals surface area contributed by atoms with Gasteiger partial charge < -0.3 is 9.73 Å². The van der Waals surface area contributed by atoms with Crippen LogP contribution >= 0.6 is 11.8 Å². The van der Waals surface area contributed by atoms with E-state index >= 15 is 0 Å². The molecule has 0 saturated carbocycles. The van der Waals surface area contributed by atoms with Crippen molar-refractivity contribution in [2.75, 3.05) is 13.1 Å². The molecule has 7 heteroatoms. The van der Waals surface area contributed by atoms with E-state index in [0.29, 0.717) is 4.91 Å². The van der Waals surface area contributed by atoms with Gasteiger partial charge in [0.15, 0.2) is 5.76 Å². The zero-order valence-electron chi connectivity index (χ0n) is 12.6. The second kappa shape index (κ2) is 7.18. The Kier molecular flexibility index (Phi) is 4.81. The Labute approximate surface area is 142 Å². The molecule has 6 nitrogen and oxygen atoms in total. The fourth-order valence-electron chi connectivity index (χ4n) is 2.17. The first-order valence-corrected chi connectivity index (χ1v) is 8.09. The smallest absolute Gasteiger partial charge is 0.293 e. The van der Waals surface area contributed by atoms with Gasteiger partial charge in [-0.3, -0.25) is 19.3 Å². The van der Waals surface area contributed by atoms with Gasteiger partial charge >= 0.3 is 0 Å². The van der Waals surface area contributed by atoms with Crippen molar-refractivity contribution >= 4 is 34.9 Å². The lowest BCUT2D eigenvalue weighted by molar-refractivity contribution is -0.122. The van der Waals surface area contributed by atoms with E-state index in [1.54, 1.807) is 12.1 Å². The van der Waals surface area contributed by atoms with E-state index in [-0.39, 0.29) is 35.9 Å². The number of imide groups is 1. The van der Waals surface area contributed by atoms with Crippen molar-refractivity contribution in [3.05, 3.63) is 65.0 Å². The molecule has 1 aromatic carbocycles. The minimum Gasteiger partial charge on any atom is -0.459 e. The van der Waals surface area contributed by atoms with Crippen LogP contribution in [-0.4, -0.2) is 35.0 Å². The minimum absolute atomic E-state index is 0.114. The van der Waals surface area contributed by atoms with Crippen LogP contribution in [0.2, 0.25) is 0 Å². The van der Waals surface area contributed by atoms with E-state index in [1.165, 1.54) is 12.3 Å². The molecule has 3 rings (SSSR count). The topological polar surface area (TPSA) is 79.6 Å². The highest BCUT2D eigenvalue weighted by molar-refractivity contribution is 8.18. The predicted octanol–water partition coefficient (Wildman–Crippen LogP) is 2.75. The number of hydrogen-bond donors (Lipinski definition) is 1. The molecule has 0 spiro atoms. The van der Waals surface area contributed by atoms with Crippen molar-refractivity contribution in [2.45, 2.75) is 0 Å². The van der Waals surface area contributed by atoms with Crippen LogP contribution in [0.4, 0.5) is 4.79 Å². The lowest BCUT2D eigenvalue weighted by Crippen LogP contribution is -2.37. The molecular formula is C17H14N2O4S. The summed E-state index contributed by atoms with van der Waals surface area (Å²) in [5.74, 6) is -0.541. The molecule has 0 unspecified atom stereocenters. The number of benzene rings is 1. The Morgan fingerprint density at radius 1 is 1.17 bits per heavy atom. The largest absolute Gasteiger partial charge is 0.459 e. The number of rotatable bonds is 5. The maximum Gasteiger partial charge on any atom is 0.293 e. The average Bonchev–Trinajstić information content (AvgIpc) is 3.20. The van der Waals surface area contributed by atoms with E-state index in [2.05, 4.69) is 5.32 Å². The number of nitrogens with zero attached hydrogens (tertiary/aromatic N) is 1. The SMILES string of the molecule is O=C(NCCN1C(=O)S/C(=C\c2ccccc2)C1=O)c1ccco1. The number of carbonyl (C=O) groups excluding carboxylic acids is 3. The van der Waals surface area contributed by atoms with E-state index in [4.69, 9.17) is 4.42 Å². The molecule has 1 aromatic heterocycles. The van der Waals surface area contributed by atoms with Crippen molar-refractivity contribution in [3.63, 3.8) is 0 Å². The number of hydrogen-bond acceptors (Lipinski definition) is 5. The van der Waals surface area contributed by atoms with E-state index in [1.807, 2.05) is 30.3 Å². The Morgan fingerprint density at radius 2 is 1.96 bits per heavy atom. The van der Waals surface area contributed by atoms with Crippen LogP contribution in [0.1, 0.15) is 16.1 Å². The predicted molar refractivity (Wildman–Crippen MR) is 90.2 cm³/mol. The van der Waals surface area contributed by atoms with E-state index in [0.717, 1.165) is 22.2 Å². The molecule has 1 aliphatic heterocycles. The van der Waals surface area contributed by atoms with E-state index in [9.17, 15) is 14.4 Å². The van der Waals surface area contributed by atoms with Crippen LogP contribution in [0, 0.1) is 0 Å². The molecule has 2 heterocycles. The van der Waals surface area contributed by atoms with Gasteiger partial charge in [-0.1, -0.05) is 30.3 Å². The highest BCUT2D eigenvalue weighted by atomic mass is 32.2. The van der Waals surface area contributed by atoms with Gasteiger partial charge in [-0.15, -0.1) is 0 Å². The van der Waals surface area contributed by atoms with Crippen LogP contribution in [0.3, 0.4) is 0 Å². The Balaban J connectivity index is 1.59. The lowest BCUT2D eigenvalue weighted by Gasteiger charge is -2.12. The molecule has 0 bridgehead atoms. The van der Waals surface area contributed by atoms with Crippen molar-refractivity contribution < 1.29 is 18.8 Å². The fraction of sp³-hybridized carbons (Fsp3) is 0.118.